The van der Waals surface area contributed by atoms with Gasteiger partial charge in [-0.2, -0.15) is 0 Å². The number of urea groups is 1. The number of benzene rings is 1. The van der Waals surface area contributed by atoms with Crippen LogP contribution in [0.25, 0.3) is 0 Å². The lowest BCUT2D eigenvalue weighted by molar-refractivity contribution is 0.158. The fraction of sp³-hybridized carbons (Fsp3) is 0.545. The van der Waals surface area contributed by atoms with Crippen LogP contribution in [0.4, 0.5) is 4.79 Å². The van der Waals surface area contributed by atoms with E-state index in [2.05, 4.69) is 27.4 Å². The van der Waals surface area contributed by atoms with Gasteiger partial charge in [0.15, 0.2) is 0 Å². The van der Waals surface area contributed by atoms with Crippen LogP contribution in [0.15, 0.2) is 42.7 Å². The standard InChI is InChI=1S/C22H33N5O/c1-18-10-6-8-15-27(18)16-9-7-13-24-22(28)25-20(19-11-4-3-5-12-19)21-23-14-17-26(21)2/h3-5,11-12,14,17-18,20H,6-10,13,15-16H2,1-2H3,(H2,24,25,28). The zero-order chi connectivity index (χ0) is 19.8. The highest BCUT2D eigenvalue weighted by Crippen LogP contribution is 2.20. The van der Waals surface area contributed by atoms with E-state index in [4.69, 9.17) is 0 Å². The summed E-state index contributed by atoms with van der Waals surface area (Å²) in [6, 6.07) is 10.2. The average molecular weight is 384 g/mol. The predicted molar refractivity (Wildman–Crippen MR) is 112 cm³/mol. The SMILES string of the molecule is CC1CCCCN1CCCCNC(=O)NC(c1ccccc1)c1nccn1C. The van der Waals surface area contributed by atoms with Gasteiger partial charge in [0.2, 0.25) is 0 Å². The van der Waals surface area contributed by atoms with E-state index in [-0.39, 0.29) is 12.1 Å². The third-order valence-corrected chi connectivity index (χ3v) is 5.62. The molecule has 2 N–H and O–H groups in total. The molecule has 152 valence electrons. The molecule has 6 heteroatoms. The number of carbonyl (C=O) groups excluding carboxylic acids is 1. The van der Waals surface area contributed by atoms with Crippen LogP contribution in [-0.2, 0) is 7.05 Å². The zero-order valence-electron chi connectivity index (χ0n) is 17.1. The molecule has 0 bridgehead atoms. The van der Waals surface area contributed by atoms with Gasteiger partial charge in [-0.3, -0.25) is 0 Å². The summed E-state index contributed by atoms with van der Waals surface area (Å²) < 4.78 is 1.94. The Morgan fingerprint density at radius 1 is 1.25 bits per heavy atom. The topological polar surface area (TPSA) is 62.2 Å². The number of nitrogens with zero attached hydrogens (tertiary/aromatic N) is 3. The molecule has 1 aromatic carbocycles. The number of nitrogens with one attached hydrogen (secondary N) is 2. The summed E-state index contributed by atoms with van der Waals surface area (Å²) in [6.07, 6.45) is 9.76. The van der Waals surface area contributed by atoms with Crippen LogP contribution < -0.4 is 10.6 Å². The monoisotopic (exact) mass is 383 g/mol. The van der Waals surface area contributed by atoms with E-state index >= 15 is 0 Å². The number of amides is 2. The normalized spacial score (nSPS) is 18.6. The highest BCUT2D eigenvalue weighted by Gasteiger charge is 2.20. The molecular weight excluding hydrogens is 350 g/mol. The van der Waals surface area contributed by atoms with Crippen molar-refractivity contribution >= 4 is 6.03 Å². The number of imidazole rings is 1. The molecule has 1 aromatic heterocycles. The van der Waals surface area contributed by atoms with Crippen LogP contribution in [0.2, 0.25) is 0 Å². The second-order valence-electron chi connectivity index (χ2n) is 7.73. The fourth-order valence-electron chi connectivity index (χ4n) is 3.91. The summed E-state index contributed by atoms with van der Waals surface area (Å²) in [5, 5.41) is 6.09. The number of hydrogen-bond acceptors (Lipinski definition) is 3. The molecule has 1 fully saturated rings. The van der Waals surface area contributed by atoms with Gasteiger partial charge in [0.1, 0.15) is 11.9 Å². The maximum absolute atomic E-state index is 12.5. The largest absolute Gasteiger partial charge is 0.338 e. The molecule has 2 atom stereocenters. The number of unbranched alkanes of at least 4 members (excludes halogenated alkanes) is 1. The summed E-state index contributed by atoms with van der Waals surface area (Å²) in [5.74, 6) is 0.820. The van der Waals surface area contributed by atoms with Gasteiger partial charge in [0, 0.05) is 32.0 Å². The maximum atomic E-state index is 12.5. The van der Waals surface area contributed by atoms with Gasteiger partial charge in [-0.25, -0.2) is 9.78 Å². The van der Waals surface area contributed by atoms with E-state index in [0.717, 1.165) is 30.8 Å². The number of aromatic nitrogens is 2. The van der Waals surface area contributed by atoms with Crippen molar-refractivity contribution in [1.82, 2.24) is 25.1 Å². The van der Waals surface area contributed by atoms with Crippen molar-refractivity contribution in [2.75, 3.05) is 19.6 Å². The molecule has 6 nitrogen and oxygen atoms in total. The molecule has 2 unspecified atom stereocenters. The third-order valence-electron chi connectivity index (χ3n) is 5.62. The summed E-state index contributed by atoms with van der Waals surface area (Å²) >= 11 is 0. The Morgan fingerprint density at radius 2 is 2.07 bits per heavy atom. The number of piperidine rings is 1. The van der Waals surface area contributed by atoms with E-state index in [0.29, 0.717) is 12.6 Å². The van der Waals surface area contributed by atoms with Crippen molar-refractivity contribution in [2.24, 2.45) is 7.05 Å². The molecule has 2 aromatic rings. The summed E-state index contributed by atoms with van der Waals surface area (Å²) in [6.45, 7) is 5.37. The average Bonchev–Trinajstić information content (AvgIpc) is 3.13. The number of carbonyl (C=O) groups is 1. The van der Waals surface area contributed by atoms with Gasteiger partial charge in [-0.1, -0.05) is 36.8 Å². The Kier molecular flexibility index (Phi) is 7.48. The maximum Gasteiger partial charge on any atom is 0.315 e. The minimum Gasteiger partial charge on any atom is -0.338 e. The predicted octanol–water partition coefficient (Wildman–Crippen LogP) is 3.46. The molecule has 0 saturated carbocycles. The van der Waals surface area contributed by atoms with E-state index in [1.807, 2.05) is 48.1 Å². The smallest absolute Gasteiger partial charge is 0.315 e. The minimum absolute atomic E-state index is 0.150. The zero-order valence-corrected chi connectivity index (χ0v) is 17.1. The second-order valence-corrected chi connectivity index (χ2v) is 7.73. The molecule has 1 saturated heterocycles. The van der Waals surface area contributed by atoms with Gasteiger partial charge in [-0.05, 0) is 51.3 Å². The molecular formula is C22H33N5O. The van der Waals surface area contributed by atoms with E-state index in [9.17, 15) is 4.79 Å². The Labute approximate surface area is 168 Å². The first-order valence-corrected chi connectivity index (χ1v) is 10.5. The first-order valence-electron chi connectivity index (χ1n) is 10.5. The van der Waals surface area contributed by atoms with Gasteiger partial charge in [-0.15, -0.1) is 0 Å². The molecule has 1 aliphatic heterocycles. The minimum atomic E-state index is -0.268. The lowest BCUT2D eigenvalue weighted by atomic mass is 10.0. The fourth-order valence-corrected chi connectivity index (χ4v) is 3.91. The highest BCUT2D eigenvalue weighted by atomic mass is 16.2. The van der Waals surface area contributed by atoms with Crippen molar-refractivity contribution in [3.8, 4) is 0 Å². The summed E-state index contributed by atoms with van der Waals surface area (Å²) in [7, 11) is 1.94. The lowest BCUT2D eigenvalue weighted by Crippen LogP contribution is -2.40. The van der Waals surface area contributed by atoms with Crippen LogP contribution in [0.5, 0.6) is 0 Å². The van der Waals surface area contributed by atoms with Crippen molar-refractivity contribution < 1.29 is 4.79 Å². The molecule has 0 spiro atoms. The van der Waals surface area contributed by atoms with Crippen molar-refractivity contribution in [1.29, 1.82) is 0 Å². The first-order chi connectivity index (χ1) is 13.6. The Hall–Kier alpha value is -2.34. The lowest BCUT2D eigenvalue weighted by Gasteiger charge is -2.33. The molecule has 2 amide bonds. The Morgan fingerprint density at radius 3 is 2.79 bits per heavy atom. The van der Waals surface area contributed by atoms with Gasteiger partial charge in [0.05, 0.1) is 0 Å². The van der Waals surface area contributed by atoms with Crippen LogP contribution in [-0.4, -0.2) is 46.2 Å². The molecule has 0 aliphatic carbocycles. The Balaban J connectivity index is 1.46. The third kappa shape index (κ3) is 5.58. The molecule has 3 rings (SSSR count). The summed E-state index contributed by atoms with van der Waals surface area (Å²) in [4.78, 5) is 19.5. The first kappa shape index (κ1) is 20.4. The number of aryl methyl sites for hydroxylation is 1. The Bertz CT molecular complexity index is 730. The van der Waals surface area contributed by atoms with Crippen molar-refractivity contribution in [3.63, 3.8) is 0 Å². The molecule has 28 heavy (non-hydrogen) atoms. The van der Waals surface area contributed by atoms with Crippen LogP contribution in [0, 0.1) is 0 Å². The van der Waals surface area contributed by atoms with Crippen LogP contribution >= 0.6 is 0 Å². The van der Waals surface area contributed by atoms with Crippen LogP contribution in [0.1, 0.15) is 56.5 Å². The highest BCUT2D eigenvalue weighted by molar-refractivity contribution is 5.74. The number of likely N-dealkylation sites (tertiary alicyclic amines) is 1. The molecule has 1 aliphatic rings. The van der Waals surface area contributed by atoms with Gasteiger partial charge < -0.3 is 20.1 Å². The summed E-state index contributed by atoms with van der Waals surface area (Å²) in [5.41, 5.74) is 1.02. The van der Waals surface area contributed by atoms with E-state index < -0.39 is 0 Å². The van der Waals surface area contributed by atoms with E-state index in [1.54, 1.807) is 6.20 Å². The second kappa shape index (κ2) is 10.3. The number of rotatable bonds is 8. The van der Waals surface area contributed by atoms with Gasteiger partial charge in [0.25, 0.3) is 0 Å². The molecule has 0 radical (unpaired) electrons. The quantitative estimate of drug-likeness (QED) is 0.686. The van der Waals surface area contributed by atoms with Crippen LogP contribution in [0.3, 0.4) is 0 Å². The van der Waals surface area contributed by atoms with Gasteiger partial charge >= 0.3 is 6.03 Å². The van der Waals surface area contributed by atoms with Crippen molar-refractivity contribution in [2.45, 2.75) is 51.1 Å². The van der Waals surface area contributed by atoms with Crippen molar-refractivity contribution in [3.05, 3.63) is 54.1 Å². The number of hydrogen-bond donors (Lipinski definition) is 2. The molecule has 2 heterocycles. The van der Waals surface area contributed by atoms with E-state index in [1.165, 1.54) is 25.8 Å².